The molecule has 0 aliphatic heterocycles. The maximum atomic E-state index is 12.2. The Morgan fingerprint density at radius 3 is 2.48 bits per heavy atom. The quantitative estimate of drug-likeness (QED) is 0.603. The standard InChI is InChI=1S/C16H21N3OS/c1-5-19-15(11(2)3)17-18-16(19)21-10-14(20)13-8-6-12(4)7-9-13/h6-9,11H,5,10H2,1-4H3. The Balaban J connectivity index is 2.06. The van der Waals surface area contributed by atoms with Crippen LogP contribution in [0.2, 0.25) is 0 Å². The van der Waals surface area contributed by atoms with Gasteiger partial charge in [-0.2, -0.15) is 0 Å². The first-order valence-corrected chi connectivity index (χ1v) is 8.17. The summed E-state index contributed by atoms with van der Waals surface area (Å²) in [5.41, 5.74) is 1.91. The van der Waals surface area contributed by atoms with E-state index in [1.165, 1.54) is 11.8 Å². The van der Waals surface area contributed by atoms with E-state index in [1.807, 2.05) is 31.2 Å². The molecule has 0 aliphatic carbocycles. The van der Waals surface area contributed by atoms with Gasteiger partial charge in [0.15, 0.2) is 10.9 Å². The van der Waals surface area contributed by atoms with E-state index in [0.717, 1.165) is 28.7 Å². The molecule has 112 valence electrons. The molecule has 5 heteroatoms. The number of hydrogen-bond acceptors (Lipinski definition) is 4. The lowest BCUT2D eigenvalue weighted by molar-refractivity contribution is 0.102. The van der Waals surface area contributed by atoms with Crippen LogP contribution in [0.4, 0.5) is 0 Å². The molecule has 0 atom stereocenters. The van der Waals surface area contributed by atoms with Gasteiger partial charge in [0, 0.05) is 18.0 Å². The van der Waals surface area contributed by atoms with Crippen molar-refractivity contribution >= 4 is 17.5 Å². The van der Waals surface area contributed by atoms with Crippen LogP contribution < -0.4 is 0 Å². The molecular weight excluding hydrogens is 282 g/mol. The predicted molar refractivity (Wildman–Crippen MR) is 86.0 cm³/mol. The molecule has 0 amide bonds. The Labute approximate surface area is 130 Å². The third-order valence-corrected chi connectivity index (χ3v) is 4.25. The molecule has 1 aromatic carbocycles. The summed E-state index contributed by atoms with van der Waals surface area (Å²) in [5, 5.41) is 9.26. The van der Waals surface area contributed by atoms with E-state index in [2.05, 4.69) is 35.5 Å². The summed E-state index contributed by atoms with van der Waals surface area (Å²) in [7, 11) is 0. The maximum Gasteiger partial charge on any atom is 0.191 e. The summed E-state index contributed by atoms with van der Waals surface area (Å²) in [6, 6.07) is 7.68. The number of nitrogens with zero attached hydrogens (tertiary/aromatic N) is 3. The smallest absolute Gasteiger partial charge is 0.191 e. The molecule has 0 radical (unpaired) electrons. The number of ketones is 1. The number of carbonyl (C=O) groups excluding carboxylic acids is 1. The van der Waals surface area contributed by atoms with Crippen molar-refractivity contribution in [3.05, 3.63) is 41.2 Å². The summed E-state index contributed by atoms with van der Waals surface area (Å²) in [6.07, 6.45) is 0. The lowest BCUT2D eigenvalue weighted by atomic mass is 10.1. The van der Waals surface area contributed by atoms with Crippen molar-refractivity contribution in [2.75, 3.05) is 5.75 Å². The van der Waals surface area contributed by atoms with Gasteiger partial charge in [0.2, 0.25) is 0 Å². The van der Waals surface area contributed by atoms with Gasteiger partial charge in [0.25, 0.3) is 0 Å². The fourth-order valence-corrected chi connectivity index (χ4v) is 2.99. The van der Waals surface area contributed by atoms with Crippen molar-refractivity contribution in [2.45, 2.75) is 45.3 Å². The van der Waals surface area contributed by atoms with Gasteiger partial charge >= 0.3 is 0 Å². The first-order chi connectivity index (χ1) is 10.0. The summed E-state index contributed by atoms with van der Waals surface area (Å²) in [4.78, 5) is 12.2. The lowest BCUT2D eigenvalue weighted by Gasteiger charge is -2.09. The van der Waals surface area contributed by atoms with Crippen LogP contribution >= 0.6 is 11.8 Å². The highest BCUT2D eigenvalue weighted by molar-refractivity contribution is 7.99. The average Bonchev–Trinajstić information content (AvgIpc) is 2.88. The van der Waals surface area contributed by atoms with Gasteiger partial charge in [-0.05, 0) is 13.8 Å². The second kappa shape index (κ2) is 6.89. The molecule has 21 heavy (non-hydrogen) atoms. The van der Waals surface area contributed by atoms with Gasteiger partial charge in [0.05, 0.1) is 5.75 Å². The highest BCUT2D eigenvalue weighted by Gasteiger charge is 2.15. The SMILES string of the molecule is CCn1c(SCC(=O)c2ccc(C)cc2)nnc1C(C)C. The van der Waals surface area contributed by atoms with E-state index in [0.29, 0.717) is 11.7 Å². The maximum absolute atomic E-state index is 12.2. The van der Waals surface area contributed by atoms with Gasteiger partial charge in [0.1, 0.15) is 5.82 Å². The minimum absolute atomic E-state index is 0.122. The molecule has 0 unspecified atom stereocenters. The first-order valence-electron chi connectivity index (χ1n) is 7.18. The van der Waals surface area contributed by atoms with Crippen LogP contribution in [0, 0.1) is 6.92 Å². The van der Waals surface area contributed by atoms with Crippen LogP contribution in [0.15, 0.2) is 29.4 Å². The third kappa shape index (κ3) is 3.73. The largest absolute Gasteiger partial charge is 0.306 e. The number of Topliss-reactive ketones (excluding diaryl/α,β-unsaturated/α-hetero) is 1. The highest BCUT2D eigenvalue weighted by atomic mass is 32.2. The van der Waals surface area contributed by atoms with E-state index in [4.69, 9.17) is 0 Å². The molecule has 0 bridgehead atoms. The zero-order chi connectivity index (χ0) is 15.4. The molecule has 0 saturated heterocycles. The zero-order valence-corrected chi connectivity index (χ0v) is 13.8. The van der Waals surface area contributed by atoms with Crippen molar-refractivity contribution in [3.8, 4) is 0 Å². The van der Waals surface area contributed by atoms with Crippen LogP contribution in [0.3, 0.4) is 0 Å². The lowest BCUT2D eigenvalue weighted by Crippen LogP contribution is -2.07. The number of rotatable bonds is 6. The minimum Gasteiger partial charge on any atom is -0.306 e. The molecule has 0 saturated carbocycles. The minimum atomic E-state index is 0.122. The van der Waals surface area contributed by atoms with Crippen molar-refractivity contribution < 1.29 is 4.79 Å². The fourth-order valence-electron chi connectivity index (χ4n) is 2.08. The number of aryl methyl sites for hydroxylation is 1. The van der Waals surface area contributed by atoms with Crippen molar-refractivity contribution in [2.24, 2.45) is 0 Å². The normalized spacial score (nSPS) is 11.1. The molecular formula is C16H21N3OS. The van der Waals surface area contributed by atoms with Gasteiger partial charge in [-0.15, -0.1) is 10.2 Å². The van der Waals surface area contributed by atoms with Crippen LogP contribution in [0.25, 0.3) is 0 Å². The summed E-state index contributed by atoms with van der Waals surface area (Å²) in [6.45, 7) is 9.10. The monoisotopic (exact) mass is 303 g/mol. The van der Waals surface area contributed by atoms with Crippen molar-refractivity contribution in [1.29, 1.82) is 0 Å². The molecule has 1 aromatic heterocycles. The summed E-state index contributed by atoms with van der Waals surface area (Å²) < 4.78 is 2.08. The van der Waals surface area contributed by atoms with Crippen molar-refractivity contribution in [1.82, 2.24) is 14.8 Å². The zero-order valence-electron chi connectivity index (χ0n) is 13.0. The number of hydrogen-bond donors (Lipinski definition) is 0. The Kier molecular flexibility index (Phi) is 5.17. The van der Waals surface area contributed by atoms with Gasteiger partial charge in [-0.25, -0.2) is 0 Å². The van der Waals surface area contributed by atoms with E-state index in [-0.39, 0.29) is 5.78 Å². The van der Waals surface area contributed by atoms with Crippen molar-refractivity contribution in [3.63, 3.8) is 0 Å². The number of thioether (sulfide) groups is 1. The van der Waals surface area contributed by atoms with Crippen LogP contribution in [0.5, 0.6) is 0 Å². The highest BCUT2D eigenvalue weighted by Crippen LogP contribution is 2.22. The second-order valence-electron chi connectivity index (χ2n) is 5.32. The van der Waals surface area contributed by atoms with Crippen LogP contribution in [0.1, 0.15) is 48.4 Å². The van der Waals surface area contributed by atoms with Crippen LogP contribution in [-0.4, -0.2) is 26.3 Å². The molecule has 0 N–H and O–H groups in total. The van der Waals surface area contributed by atoms with Crippen LogP contribution in [-0.2, 0) is 6.54 Å². The molecule has 2 aromatic rings. The molecule has 0 aliphatic rings. The molecule has 4 nitrogen and oxygen atoms in total. The van der Waals surface area contributed by atoms with Gasteiger partial charge in [-0.1, -0.05) is 55.4 Å². The molecule has 0 spiro atoms. The molecule has 1 heterocycles. The number of aromatic nitrogens is 3. The van der Waals surface area contributed by atoms with E-state index < -0.39 is 0 Å². The fraction of sp³-hybridized carbons (Fsp3) is 0.438. The molecule has 2 rings (SSSR count). The Bertz CT molecular complexity index is 617. The van der Waals surface area contributed by atoms with E-state index in [1.54, 1.807) is 0 Å². The Morgan fingerprint density at radius 2 is 1.90 bits per heavy atom. The number of benzene rings is 1. The summed E-state index contributed by atoms with van der Waals surface area (Å²) in [5.74, 6) is 1.82. The van der Waals surface area contributed by atoms with Gasteiger partial charge < -0.3 is 4.57 Å². The van der Waals surface area contributed by atoms with E-state index in [9.17, 15) is 4.79 Å². The van der Waals surface area contributed by atoms with Gasteiger partial charge in [-0.3, -0.25) is 4.79 Å². The average molecular weight is 303 g/mol. The summed E-state index contributed by atoms with van der Waals surface area (Å²) >= 11 is 1.46. The topological polar surface area (TPSA) is 47.8 Å². The number of carbonyl (C=O) groups is 1. The predicted octanol–water partition coefficient (Wildman–Crippen LogP) is 3.70. The molecule has 0 fully saturated rings. The Morgan fingerprint density at radius 1 is 1.24 bits per heavy atom. The third-order valence-electron chi connectivity index (χ3n) is 3.28. The van der Waals surface area contributed by atoms with E-state index >= 15 is 0 Å². The Hall–Kier alpha value is -1.62. The first kappa shape index (κ1) is 15.8. The second-order valence-corrected chi connectivity index (χ2v) is 6.26.